The molecule has 2 rings (SSSR count). The number of nitrogens with zero attached hydrogens (tertiary/aromatic N) is 1. The number of halogens is 1. The maximum absolute atomic E-state index is 12.4. The van der Waals surface area contributed by atoms with E-state index in [0.29, 0.717) is 17.3 Å². The van der Waals surface area contributed by atoms with E-state index < -0.39 is 10.0 Å². The minimum atomic E-state index is -3.70. The highest BCUT2D eigenvalue weighted by Crippen LogP contribution is 2.23. The summed E-state index contributed by atoms with van der Waals surface area (Å²) in [6.07, 6.45) is 1.66. The van der Waals surface area contributed by atoms with Gasteiger partial charge in [0.1, 0.15) is 5.69 Å². The second kappa shape index (κ2) is 6.49. The van der Waals surface area contributed by atoms with Crippen molar-refractivity contribution >= 4 is 27.3 Å². The van der Waals surface area contributed by atoms with Crippen LogP contribution in [0.5, 0.6) is 0 Å². The molecule has 1 heterocycles. The molecule has 21 heavy (non-hydrogen) atoms. The Labute approximate surface area is 129 Å². The van der Waals surface area contributed by atoms with Crippen LogP contribution in [0.25, 0.3) is 0 Å². The molecule has 0 unspecified atom stereocenters. The molecule has 0 fully saturated rings. The standard InChI is InChI=1S/C14H17ClN2O3S/c1-10-14(11(2)20-16-10)21(18,19)17-13-7-3-5-12(9-13)6-4-8-15/h3,5,7,9,17H,4,6,8H2,1-2H3. The van der Waals surface area contributed by atoms with Crippen molar-refractivity contribution in [3.05, 3.63) is 41.3 Å². The lowest BCUT2D eigenvalue weighted by molar-refractivity contribution is 0.390. The summed E-state index contributed by atoms with van der Waals surface area (Å²) in [7, 11) is -3.70. The number of nitrogens with one attached hydrogen (secondary N) is 1. The summed E-state index contributed by atoms with van der Waals surface area (Å²) in [5.74, 6) is 0.855. The maximum Gasteiger partial charge on any atom is 0.267 e. The molecule has 1 N–H and O–H groups in total. The van der Waals surface area contributed by atoms with Gasteiger partial charge in [-0.15, -0.1) is 11.6 Å². The molecule has 0 aliphatic heterocycles. The van der Waals surface area contributed by atoms with Crippen LogP contribution in [0.15, 0.2) is 33.7 Å². The van der Waals surface area contributed by atoms with Gasteiger partial charge in [0.2, 0.25) is 0 Å². The lowest BCUT2D eigenvalue weighted by Crippen LogP contribution is -2.14. The SMILES string of the molecule is Cc1noc(C)c1S(=O)(=O)Nc1cccc(CCCCl)c1. The van der Waals surface area contributed by atoms with Crippen molar-refractivity contribution in [3.63, 3.8) is 0 Å². The van der Waals surface area contributed by atoms with Gasteiger partial charge in [-0.1, -0.05) is 17.3 Å². The zero-order chi connectivity index (χ0) is 15.5. The van der Waals surface area contributed by atoms with Crippen LogP contribution in [0, 0.1) is 13.8 Å². The lowest BCUT2D eigenvalue weighted by Gasteiger charge is -2.09. The average molecular weight is 329 g/mol. The van der Waals surface area contributed by atoms with Crippen molar-refractivity contribution < 1.29 is 12.9 Å². The highest BCUT2D eigenvalue weighted by atomic mass is 35.5. The molecule has 114 valence electrons. The molecule has 1 aromatic heterocycles. The Morgan fingerprint density at radius 2 is 2.10 bits per heavy atom. The van der Waals surface area contributed by atoms with Crippen molar-refractivity contribution in [2.75, 3.05) is 10.6 Å². The van der Waals surface area contributed by atoms with Crippen LogP contribution < -0.4 is 4.72 Å². The highest BCUT2D eigenvalue weighted by molar-refractivity contribution is 7.92. The molecule has 0 saturated heterocycles. The molecule has 0 aliphatic rings. The summed E-state index contributed by atoms with van der Waals surface area (Å²) in [6.45, 7) is 3.17. The zero-order valence-electron chi connectivity index (χ0n) is 11.9. The first kappa shape index (κ1) is 15.9. The first-order chi connectivity index (χ1) is 9.94. The molecule has 2 aromatic rings. The third kappa shape index (κ3) is 3.77. The van der Waals surface area contributed by atoms with E-state index in [1.807, 2.05) is 18.2 Å². The van der Waals surface area contributed by atoms with E-state index in [2.05, 4.69) is 9.88 Å². The first-order valence-electron chi connectivity index (χ1n) is 6.54. The molecular weight excluding hydrogens is 312 g/mol. The Bertz CT molecular complexity index is 706. The predicted molar refractivity (Wildman–Crippen MR) is 82.3 cm³/mol. The summed E-state index contributed by atoms with van der Waals surface area (Å²) < 4.78 is 32.3. The van der Waals surface area contributed by atoms with E-state index in [4.69, 9.17) is 16.1 Å². The number of hydrogen-bond donors (Lipinski definition) is 1. The summed E-state index contributed by atoms with van der Waals surface area (Å²) in [5, 5.41) is 3.67. The van der Waals surface area contributed by atoms with Crippen LogP contribution in [0.3, 0.4) is 0 Å². The maximum atomic E-state index is 12.4. The minimum absolute atomic E-state index is 0.0914. The second-order valence-electron chi connectivity index (χ2n) is 4.75. The van der Waals surface area contributed by atoms with Gasteiger partial charge >= 0.3 is 0 Å². The van der Waals surface area contributed by atoms with E-state index in [-0.39, 0.29) is 10.7 Å². The van der Waals surface area contributed by atoms with E-state index in [9.17, 15) is 8.42 Å². The predicted octanol–water partition coefficient (Wildman–Crippen LogP) is 3.26. The molecule has 7 heteroatoms. The fourth-order valence-electron chi connectivity index (χ4n) is 2.13. The van der Waals surface area contributed by atoms with Crippen molar-refractivity contribution in [3.8, 4) is 0 Å². The number of sulfonamides is 1. The van der Waals surface area contributed by atoms with Gasteiger partial charge in [0, 0.05) is 11.6 Å². The van der Waals surface area contributed by atoms with Crippen LogP contribution in [0.2, 0.25) is 0 Å². The van der Waals surface area contributed by atoms with Gasteiger partial charge in [0.15, 0.2) is 10.7 Å². The molecule has 0 atom stereocenters. The lowest BCUT2D eigenvalue weighted by atomic mass is 10.1. The molecule has 5 nitrogen and oxygen atoms in total. The minimum Gasteiger partial charge on any atom is -0.360 e. The molecule has 0 amide bonds. The molecular formula is C14H17ClN2O3S. The third-order valence-corrected chi connectivity index (χ3v) is 4.91. The number of hydrogen-bond acceptors (Lipinski definition) is 4. The topological polar surface area (TPSA) is 72.2 Å². The number of aryl methyl sites for hydroxylation is 3. The van der Waals surface area contributed by atoms with Crippen LogP contribution in [0.4, 0.5) is 5.69 Å². The van der Waals surface area contributed by atoms with Crippen molar-refractivity contribution in [2.45, 2.75) is 31.6 Å². The van der Waals surface area contributed by atoms with Gasteiger partial charge in [0.25, 0.3) is 10.0 Å². The average Bonchev–Trinajstić information content (AvgIpc) is 2.76. The Morgan fingerprint density at radius 1 is 1.33 bits per heavy atom. The van der Waals surface area contributed by atoms with Crippen LogP contribution in [-0.2, 0) is 16.4 Å². The molecule has 0 saturated carbocycles. The summed E-state index contributed by atoms with van der Waals surface area (Å²) >= 11 is 5.67. The van der Waals surface area contributed by atoms with Gasteiger partial charge in [0.05, 0.1) is 0 Å². The fourth-order valence-corrected chi connectivity index (χ4v) is 3.64. The van der Waals surface area contributed by atoms with Crippen molar-refractivity contribution in [1.29, 1.82) is 0 Å². The smallest absolute Gasteiger partial charge is 0.267 e. The fraction of sp³-hybridized carbons (Fsp3) is 0.357. The quantitative estimate of drug-likeness (QED) is 0.826. The monoisotopic (exact) mass is 328 g/mol. The molecule has 0 bridgehead atoms. The zero-order valence-corrected chi connectivity index (χ0v) is 13.5. The molecule has 0 spiro atoms. The van der Waals surface area contributed by atoms with Gasteiger partial charge in [-0.2, -0.15) is 0 Å². The first-order valence-corrected chi connectivity index (χ1v) is 8.56. The normalized spacial score (nSPS) is 11.6. The van der Waals surface area contributed by atoms with Crippen LogP contribution in [-0.4, -0.2) is 19.5 Å². The second-order valence-corrected chi connectivity index (χ2v) is 6.75. The summed E-state index contributed by atoms with van der Waals surface area (Å²) in [6, 6.07) is 7.28. The Morgan fingerprint density at radius 3 is 2.71 bits per heavy atom. The summed E-state index contributed by atoms with van der Waals surface area (Å²) in [5.41, 5.74) is 1.90. The largest absolute Gasteiger partial charge is 0.360 e. The van der Waals surface area contributed by atoms with E-state index in [1.54, 1.807) is 19.9 Å². The van der Waals surface area contributed by atoms with E-state index in [1.165, 1.54) is 0 Å². The third-order valence-electron chi connectivity index (χ3n) is 3.01. The van der Waals surface area contributed by atoms with Crippen LogP contribution in [0.1, 0.15) is 23.4 Å². The van der Waals surface area contributed by atoms with Gasteiger partial charge in [-0.05, 0) is 44.4 Å². The molecule has 0 radical (unpaired) electrons. The molecule has 0 aliphatic carbocycles. The van der Waals surface area contributed by atoms with Crippen molar-refractivity contribution in [2.24, 2.45) is 0 Å². The van der Waals surface area contributed by atoms with E-state index >= 15 is 0 Å². The highest BCUT2D eigenvalue weighted by Gasteiger charge is 2.24. The van der Waals surface area contributed by atoms with Crippen LogP contribution >= 0.6 is 11.6 Å². The number of aromatic nitrogens is 1. The molecule has 1 aromatic carbocycles. The number of rotatable bonds is 6. The van der Waals surface area contributed by atoms with Crippen molar-refractivity contribution in [1.82, 2.24) is 5.16 Å². The van der Waals surface area contributed by atoms with Gasteiger partial charge in [-0.25, -0.2) is 8.42 Å². The van der Waals surface area contributed by atoms with E-state index in [0.717, 1.165) is 18.4 Å². The number of anilines is 1. The number of benzene rings is 1. The Kier molecular flexibility index (Phi) is 4.90. The summed E-state index contributed by atoms with van der Waals surface area (Å²) in [4.78, 5) is 0.0914. The Hall–Kier alpha value is -1.53. The Balaban J connectivity index is 2.25. The number of alkyl halides is 1. The van der Waals surface area contributed by atoms with Gasteiger partial charge < -0.3 is 4.52 Å². The van der Waals surface area contributed by atoms with Gasteiger partial charge in [-0.3, -0.25) is 4.72 Å².